The standard InChI is InChI=1S/C20H29N3O6S3/c1-23(32(3,28)29)20-22-16(12-31-20)19(27)21-15(11-13-6-8-14(24)9-7-13)18(26)17(25)5-4-10-30-2/h6-9,12,15,17-18,24-26H,4-5,10-11H2,1-3H3,(H,21,27). The number of sulfonamides is 1. The van der Waals surface area contributed by atoms with Crippen molar-refractivity contribution in [2.75, 3.05) is 29.6 Å². The molecule has 32 heavy (non-hydrogen) atoms. The number of nitrogens with one attached hydrogen (secondary N) is 1. The number of hydrogen-bond acceptors (Lipinski definition) is 9. The smallest absolute Gasteiger partial charge is 0.271 e. The molecule has 178 valence electrons. The number of hydrogen-bond donors (Lipinski definition) is 4. The third kappa shape index (κ3) is 7.62. The van der Waals surface area contributed by atoms with Crippen molar-refractivity contribution in [1.82, 2.24) is 10.3 Å². The van der Waals surface area contributed by atoms with Crippen molar-refractivity contribution in [2.45, 2.75) is 37.5 Å². The van der Waals surface area contributed by atoms with E-state index in [4.69, 9.17) is 0 Å². The number of benzene rings is 1. The Morgan fingerprint density at radius 1 is 1.28 bits per heavy atom. The molecule has 0 spiro atoms. The average Bonchev–Trinajstić information content (AvgIpc) is 3.23. The molecule has 9 nitrogen and oxygen atoms in total. The maximum atomic E-state index is 12.8. The fourth-order valence-electron chi connectivity index (χ4n) is 2.92. The van der Waals surface area contributed by atoms with Gasteiger partial charge in [-0.3, -0.25) is 4.79 Å². The van der Waals surface area contributed by atoms with Crippen LogP contribution in [0.4, 0.5) is 5.13 Å². The first-order valence-corrected chi connectivity index (χ1v) is 14.0. The maximum Gasteiger partial charge on any atom is 0.271 e. The lowest BCUT2D eigenvalue weighted by Crippen LogP contribution is -2.50. The number of carbonyl (C=O) groups excluding carboxylic acids is 1. The van der Waals surface area contributed by atoms with Gasteiger partial charge in [0.2, 0.25) is 10.0 Å². The van der Waals surface area contributed by atoms with Gasteiger partial charge in [-0.25, -0.2) is 17.7 Å². The van der Waals surface area contributed by atoms with Crippen molar-refractivity contribution in [3.8, 4) is 5.75 Å². The summed E-state index contributed by atoms with van der Waals surface area (Å²) < 4.78 is 24.4. The fraction of sp³-hybridized carbons (Fsp3) is 0.500. The summed E-state index contributed by atoms with van der Waals surface area (Å²) in [6.07, 6.45) is 2.04. The molecule has 2 rings (SSSR count). The van der Waals surface area contributed by atoms with E-state index in [-0.39, 0.29) is 23.0 Å². The third-order valence-electron chi connectivity index (χ3n) is 4.85. The summed E-state index contributed by atoms with van der Waals surface area (Å²) in [5.41, 5.74) is 0.763. The average molecular weight is 504 g/mol. The second-order valence-electron chi connectivity index (χ2n) is 7.39. The van der Waals surface area contributed by atoms with Gasteiger partial charge in [0.15, 0.2) is 5.13 Å². The Morgan fingerprint density at radius 3 is 2.53 bits per heavy atom. The van der Waals surface area contributed by atoms with Crippen LogP contribution in [0.15, 0.2) is 29.6 Å². The molecular formula is C20H29N3O6S3. The highest BCUT2D eigenvalue weighted by atomic mass is 32.2. The van der Waals surface area contributed by atoms with E-state index in [1.165, 1.54) is 24.6 Å². The number of rotatable bonds is 12. The third-order valence-corrected chi connectivity index (χ3v) is 7.75. The van der Waals surface area contributed by atoms with Crippen LogP contribution in [0.5, 0.6) is 5.75 Å². The first-order chi connectivity index (χ1) is 15.0. The fourth-order valence-corrected chi connectivity index (χ4v) is 4.91. The van der Waals surface area contributed by atoms with Crippen LogP contribution in [0, 0.1) is 0 Å². The van der Waals surface area contributed by atoms with Crippen LogP contribution >= 0.6 is 23.1 Å². The zero-order chi connectivity index (χ0) is 23.9. The number of aliphatic hydroxyl groups is 2. The topological polar surface area (TPSA) is 140 Å². The predicted molar refractivity (Wildman–Crippen MR) is 128 cm³/mol. The quantitative estimate of drug-likeness (QED) is 0.319. The molecule has 2 aromatic rings. The highest BCUT2D eigenvalue weighted by molar-refractivity contribution is 7.98. The van der Waals surface area contributed by atoms with Crippen LogP contribution in [0.2, 0.25) is 0 Å². The molecule has 0 aliphatic carbocycles. The number of phenols is 1. The summed E-state index contributed by atoms with van der Waals surface area (Å²) in [4.78, 5) is 16.9. The minimum atomic E-state index is -3.52. The summed E-state index contributed by atoms with van der Waals surface area (Å²) in [6.45, 7) is 0. The number of thiazole rings is 1. The van der Waals surface area contributed by atoms with Crippen LogP contribution in [0.3, 0.4) is 0 Å². The van der Waals surface area contributed by atoms with Gasteiger partial charge in [0, 0.05) is 12.4 Å². The van der Waals surface area contributed by atoms with Gasteiger partial charge in [0.1, 0.15) is 17.5 Å². The summed E-state index contributed by atoms with van der Waals surface area (Å²) in [5, 5.41) is 35.0. The molecule has 1 aromatic carbocycles. The molecule has 1 aromatic heterocycles. The Hall–Kier alpha value is -1.86. The summed E-state index contributed by atoms with van der Waals surface area (Å²) >= 11 is 2.65. The molecule has 4 N–H and O–H groups in total. The normalized spacial score (nSPS) is 14.5. The van der Waals surface area contributed by atoms with E-state index in [1.54, 1.807) is 23.9 Å². The predicted octanol–water partition coefficient (Wildman–Crippen LogP) is 1.45. The van der Waals surface area contributed by atoms with Crippen molar-refractivity contribution in [3.05, 3.63) is 40.9 Å². The molecule has 0 bridgehead atoms. The number of thioether (sulfide) groups is 1. The Bertz CT molecular complexity index is 981. The molecule has 1 heterocycles. The van der Waals surface area contributed by atoms with E-state index in [2.05, 4.69) is 10.3 Å². The molecule has 12 heteroatoms. The second kappa shape index (κ2) is 11.8. The molecule has 3 atom stereocenters. The summed E-state index contributed by atoms with van der Waals surface area (Å²) in [5.74, 6) is 0.347. The number of amides is 1. The molecular weight excluding hydrogens is 474 g/mol. The van der Waals surface area contributed by atoms with Gasteiger partial charge in [-0.05, 0) is 49.0 Å². The van der Waals surface area contributed by atoms with Gasteiger partial charge in [0.25, 0.3) is 5.91 Å². The Kier molecular flexibility index (Phi) is 9.77. The molecule has 0 saturated heterocycles. The van der Waals surface area contributed by atoms with Gasteiger partial charge in [-0.1, -0.05) is 12.1 Å². The summed E-state index contributed by atoms with van der Waals surface area (Å²) in [6, 6.07) is 5.52. The van der Waals surface area contributed by atoms with Crippen molar-refractivity contribution < 1.29 is 28.5 Å². The zero-order valence-corrected chi connectivity index (χ0v) is 20.6. The van der Waals surface area contributed by atoms with E-state index < -0.39 is 34.2 Å². The largest absolute Gasteiger partial charge is 0.508 e. The lowest BCUT2D eigenvalue weighted by atomic mass is 9.95. The highest BCUT2D eigenvalue weighted by Gasteiger charge is 2.29. The molecule has 3 unspecified atom stereocenters. The Balaban J connectivity index is 2.18. The van der Waals surface area contributed by atoms with Crippen molar-refractivity contribution in [2.24, 2.45) is 0 Å². The van der Waals surface area contributed by atoms with Gasteiger partial charge in [-0.2, -0.15) is 11.8 Å². The number of nitrogens with zero attached hydrogens (tertiary/aromatic N) is 2. The van der Waals surface area contributed by atoms with Gasteiger partial charge >= 0.3 is 0 Å². The minimum Gasteiger partial charge on any atom is -0.508 e. The number of anilines is 1. The van der Waals surface area contributed by atoms with Gasteiger partial charge in [-0.15, -0.1) is 11.3 Å². The highest BCUT2D eigenvalue weighted by Crippen LogP contribution is 2.22. The van der Waals surface area contributed by atoms with Gasteiger partial charge in [0.05, 0.1) is 18.4 Å². The number of aromatic hydroxyl groups is 1. The van der Waals surface area contributed by atoms with E-state index in [9.17, 15) is 28.5 Å². The second-order valence-corrected chi connectivity index (χ2v) is 11.2. The molecule has 0 aliphatic rings. The van der Waals surface area contributed by atoms with Crippen LogP contribution < -0.4 is 9.62 Å². The van der Waals surface area contributed by atoms with Crippen LogP contribution in [-0.4, -0.2) is 78.2 Å². The van der Waals surface area contributed by atoms with E-state index >= 15 is 0 Å². The summed E-state index contributed by atoms with van der Waals surface area (Å²) in [7, 11) is -2.17. The number of phenolic OH excluding ortho intramolecular Hbond substituents is 1. The van der Waals surface area contributed by atoms with Gasteiger partial charge < -0.3 is 20.6 Å². The monoisotopic (exact) mass is 503 g/mol. The lowest BCUT2D eigenvalue weighted by molar-refractivity contribution is -0.00734. The number of carbonyl (C=O) groups is 1. The Labute approximate surface area is 196 Å². The van der Waals surface area contributed by atoms with Crippen LogP contribution in [0.25, 0.3) is 0 Å². The molecule has 0 saturated carbocycles. The molecule has 0 radical (unpaired) electrons. The number of aliphatic hydroxyl groups excluding tert-OH is 2. The zero-order valence-electron chi connectivity index (χ0n) is 18.1. The SMILES string of the molecule is CSCCCC(O)C(O)C(Cc1ccc(O)cc1)NC(=O)c1csc(N(C)S(C)(=O)=O)n1. The minimum absolute atomic E-state index is 0.0141. The van der Waals surface area contributed by atoms with E-state index in [0.717, 1.165) is 33.2 Å². The first-order valence-electron chi connectivity index (χ1n) is 9.86. The van der Waals surface area contributed by atoms with Crippen molar-refractivity contribution in [3.63, 3.8) is 0 Å². The Morgan fingerprint density at radius 2 is 1.94 bits per heavy atom. The molecule has 0 aliphatic heterocycles. The lowest BCUT2D eigenvalue weighted by Gasteiger charge is -2.28. The van der Waals surface area contributed by atoms with Crippen molar-refractivity contribution in [1.29, 1.82) is 0 Å². The van der Waals surface area contributed by atoms with E-state index in [1.807, 2.05) is 6.26 Å². The van der Waals surface area contributed by atoms with Crippen LogP contribution in [0.1, 0.15) is 28.9 Å². The van der Waals surface area contributed by atoms with E-state index in [0.29, 0.717) is 12.8 Å². The maximum absolute atomic E-state index is 12.8. The number of aromatic nitrogens is 1. The van der Waals surface area contributed by atoms with Crippen molar-refractivity contribution >= 4 is 44.2 Å². The molecule has 0 fully saturated rings. The van der Waals surface area contributed by atoms with Crippen LogP contribution in [-0.2, 0) is 16.4 Å². The first kappa shape index (κ1) is 26.4. The molecule has 1 amide bonds.